The van der Waals surface area contributed by atoms with Crippen LogP contribution in [0.3, 0.4) is 0 Å². The van der Waals surface area contributed by atoms with Crippen molar-refractivity contribution in [1.29, 1.82) is 0 Å². The SMILES string of the molecule is CC1Cc2cc(C(Cl)C3OCCC3C)ccc2O1. The quantitative estimate of drug-likeness (QED) is 0.760. The smallest absolute Gasteiger partial charge is 0.123 e. The molecule has 0 saturated carbocycles. The molecule has 0 N–H and O–H groups in total. The average molecular weight is 267 g/mol. The summed E-state index contributed by atoms with van der Waals surface area (Å²) >= 11 is 6.58. The number of alkyl halides is 1. The van der Waals surface area contributed by atoms with Gasteiger partial charge < -0.3 is 9.47 Å². The third kappa shape index (κ3) is 2.12. The predicted molar refractivity (Wildman–Crippen MR) is 72.4 cm³/mol. The second-order valence-electron chi connectivity index (χ2n) is 5.50. The van der Waals surface area contributed by atoms with Gasteiger partial charge in [-0.1, -0.05) is 19.1 Å². The van der Waals surface area contributed by atoms with E-state index in [1.54, 1.807) is 0 Å². The second-order valence-corrected chi connectivity index (χ2v) is 5.97. The molecule has 3 rings (SSSR count). The summed E-state index contributed by atoms with van der Waals surface area (Å²) in [4.78, 5) is 0. The summed E-state index contributed by atoms with van der Waals surface area (Å²) in [5, 5.41) is -0.0521. The van der Waals surface area contributed by atoms with Crippen molar-refractivity contribution < 1.29 is 9.47 Å². The Kier molecular flexibility index (Phi) is 3.25. The summed E-state index contributed by atoms with van der Waals surface area (Å²) in [5.41, 5.74) is 2.43. The number of halogens is 1. The Morgan fingerprint density at radius 1 is 1.33 bits per heavy atom. The molecule has 0 spiro atoms. The number of hydrogen-bond acceptors (Lipinski definition) is 2. The number of ether oxygens (including phenoxy) is 2. The molecule has 0 aromatic heterocycles. The van der Waals surface area contributed by atoms with Gasteiger partial charge in [0.25, 0.3) is 0 Å². The van der Waals surface area contributed by atoms with Gasteiger partial charge in [0, 0.05) is 13.0 Å². The Bertz CT molecular complexity index is 446. The zero-order chi connectivity index (χ0) is 12.7. The molecule has 18 heavy (non-hydrogen) atoms. The Hall–Kier alpha value is -0.730. The molecule has 0 bridgehead atoms. The van der Waals surface area contributed by atoms with Crippen molar-refractivity contribution in [2.45, 2.75) is 44.3 Å². The molecule has 1 aromatic carbocycles. The molecule has 4 atom stereocenters. The van der Waals surface area contributed by atoms with Crippen LogP contribution in [0.4, 0.5) is 0 Å². The van der Waals surface area contributed by atoms with Crippen LogP contribution in [0.25, 0.3) is 0 Å². The normalized spacial score (nSPS) is 32.1. The van der Waals surface area contributed by atoms with E-state index in [9.17, 15) is 0 Å². The van der Waals surface area contributed by atoms with Crippen LogP contribution in [-0.2, 0) is 11.2 Å². The number of benzene rings is 1. The van der Waals surface area contributed by atoms with Gasteiger partial charge in [0.15, 0.2) is 0 Å². The molecular weight excluding hydrogens is 248 g/mol. The van der Waals surface area contributed by atoms with Gasteiger partial charge in [0.2, 0.25) is 0 Å². The van der Waals surface area contributed by atoms with Crippen LogP contribution in [0.2, 0.25) is 0 Å². The highest BCUT2D eigenvalue weighted by Gasteiger charge is 2.32. The van der Waals surface area contributed by atoms with Crippen LogP contribution in [0, 0.1) is 5.92 Å². The zero-order valence-electron chi connectivity index (χ0n) is 10.9. The second kappa shape index (κ2) is 4.75. The molecule has 1 saturated heterocycles. The first-order chi connectivity index (χ1) is 8.65. The molecule has 0 radical (unpaired) electrons. The van der Waals surface area contributed by atoms with Gasteiger partial charge in [-0.2, -0.15) is 0 Å². The maximum atomic E-state index is 6.58. The lowest BCUT2D eigenvalue weighted by atomic mass is 9.95. The van der Waals surface area contributed by atoms with Gasteiger partial charge >= 0.3 is 0 Å². The molecule has 0 amide bonds. The van der Waals surface area contributed by atoms with Gasteiger partial charge in [0.1, 0.15) is 11.9 Å². The predicted octanol–water partition coefficient (Wildman–Crippen LogP) is 3.71. The number of fused-ring (bicyclic) bond motifs is 1. The first-order valence-corrected chi connectivity index (χ1v) is 7.14. The topological polar surface area (TPSA) is 18.5 Å². The van der Waals surface area contributed by atoms with Crippen molar-refractivity contribution in [2.24, 2.45) is 5.92 Å². The van der Waals surface area contributed by atoms with Crippen LogP contribution in [-0.4, -0.2) is 18.8 Å². The average Bonchev–Trinajstić information content (AvgIpc) is 2.91. The fourth-order valence-corrected chi connectivity index (χ4v) is 3.35. The van der Waals surface area contributed by atoms with Gasteiger partial charge in [-0.25, -0.2) is 0 Å². The molecule has 4 unspecified atom stereocenters. The molecule has 3 heteroatoms. The zero-order valence-corrected chi connectivity index (χ0v) is 11.6. The number of hydrogen-bond donors (Lipinski definition) is 0. The largest absolute Gasteiger partial charge is 0.490 e. The van der Waals surface area contributed by atoms with Crippen LogP contribution in [0.15, 0.2) is 18.2 Å². The van der Waals surface area contributed by atoms with E-state index < -0.39 is 0 Å². The lowest BCUT2D eigenvalue weighted by Crippen LogP contribution is -2.19. The lowest BCUT2D eigenvalue weighted by Gasteiger charge is -2.21. The van der Waals surface area contributed by atoms with E-state index >= 15 is 0 Å². The summed E-state index contributed by atoms with van der Waals surface area (Å²) in [6, 6.07) is 6.30. The van der Waals surface area contributed by atoms with E-state index in [1.165, 1.54) is 5.56 Å². The van der Waals surface area contributed by atoms with Crippen molar-refractivity contribution in [3.63, 3.8) is 0 Å². The minimum absolute atomic E-state index is 0.0521. The highest BCUT2D eigenvalue weighted by molar-refractivity contribution is 6.21. The highest BCUT2D eigenvalue weighted by atomic mass is 35.5. The summed E-state index contributed by atoms with van der Waals surface area (Å²) in [6.45, 7) is 5.14. The fraction of sp³-hybridized carbons (Fsp3) is 0.600. The Morgan fingerprint density at radius 2 is 2.17 bits per heavy atom. The van der Waals surface area contributed by atoms with E-state index in [1.807, 2.05) is 6.07 Å². The lowest BCUT2D eigenvalue weighted by molar-refractivity contribution is 0.0903. The minimum Gasteiger partial charge on any atom is -0.490 e. The molecule has 1 fully saturated rings. The van der Waals surface area contributed by atoms with Crippen molar-refractivity contribution in [1.82, 2.24) is 0 Å². The van der Waals surface area contributed by atoms with E-state index in [0.717, 1.165) is 30.8 Å². The number of rotatable bonds is 2. The molecule has 1 aromatic rings. The summed E-state index contributed by atoms with van der Waals surface area (Å²) < 4.78 is 11.5. The third-order valence-electron chi connectivity index (χ3n) is 3.97. The fourth-order valence-electron chi connectivity index (χ4n) is 2.89. The van der Waals surface area contributed by atoms with E-state index in [0.29, 0.717) is 5.92 Å². The molecule has 98 valence electrons. The van der Waals surface area contributed by atoms with E-state index in [2.05, 4.69) is 26.0 Å². The van der Waals surface area contributed by atoms with Crippen molar-refractivity contribution >= 4 is 11.6 Å². The molecule has 2 heterocycles. The van der Waals surface area contributed by atoms with E-state index in [4.69, 9.17) is 21.1 Å². The summed E-state index contributed by atoms with van der Waals surface area (Å²) in [6.07, 6.45) is 2.52. The maximum Gasteiger partial charge on any atom is 0.123 e. The first-order valence-electron chi connectivity index (χ1n) is 6.70. The molecule has 2 aliphatic rings. The van der Waals surface area contributed by atoms with Crippen molar-refractivity contribution in [2.75, 3.05) is 6.61 Å². The Morgan fingerprint density at radius 3 is 2.89 bits per heavy atom. The van der Waals surface area contributed by atoms with Crippen molar-refractivity contribution in [3.8, 4) is 5.75 Å². The van der Waals surface area contributed by atoms with Crippen LogP contribution in [0.5, 0.6) is 5.75 Å². The van der Waals surface area contributed by atoms with Gasteiger partial charge in [0.05, 0.1) is 11.5 Å². The highest BCUT2D eigenvalue weighted by Crippen LogP contribution is 2.38. The molecule has 2 aliphatic heterocycles. The molecular formula is C15H19ClO2. The Labute approximate surface area is 113 Å². The first kappa shape index (κ1) is 12.3. The van der Waals surface area contributed by atoms with Gasteiger partial charge in [-0.15, -0.1) is 11.6 Å². The van der Waals surface area contributed by atoms with Crippen LogP contribution in [0.1, 0.15) is 36.8 Å². The standard InChI is InChI=1S/C15H19ClO2/c1-9-5-6-17-15(9)14(16)11-3-4-13-12(8-11)7-10(2)18-13/h3-4,8-10,14-15H,5-7H2,1-2H3. The molecule has 0 aliphatic carbocycles. The monoisotopic (exact) mass is 266 g/mol. The third-order valence-corrected chi connectivity index (χ3v) is 4.47. The van der Waals surface area contributed by atoms with Crippen LogP contribution < -0.4 is 4.74 Å². The van der Waals surface area contributed by atoms with Crippen molar-refractivity contribution in [3.05, 3.63) is 29.3 Å². The summed E-state index contributed by atoms with van der Waals surface area (Å²) in [7, 11) is 0. The van der Waals surface area contributed by atoms with Crippen LogP contribution >= 0.6 is 11.6 Å². The van der Waals surface area contributed by atoms with Gasteiger partial charge in [-0.3, -0.25) is 0 Å². The van der Waals surface area contributed by atoms with E-state index in [-0.39, 0.29) is 17.6 Å². The maximum absolute atomic E-state index is 6.58. The Balaban J connectivity index is 1.82. The summed E-state index contributed by atoms with van der Waals surface area (Å²) in [5.74, 6) is 1.55. The minimum atomic E-state index is -0.0521. The molecule has 2 nitrogen and oxygen atoms in total. The van der Waals surface area contributed by atoms with Gasteiger partial charge in [-0.05, 0) is 36.5 Å².